The minimum Gasteiger partial charge on any atom is -0.496 e. The minimum atomic E-state index is -0.729. The Morgan fingerprint density at radius 1 is 1.05 bits per heavy atom. The molecule has 0 aliphatic carbocycles. The van der Waals surface area contributed by atoms with Crippen molar-refractivity contribution in [1.29, 1.82) is 0 Å². The summed E-state index contributed by atoms with van der Waals surface area (Å²) in [6.45, 7) is 0. The number of hydrogen-bond acceptors (Lipinski definition) is 2. The van der Waals surface area contributed by atoms with Crippen LogP contribution in [0.3, 0.4) is 0 Å². The van der Waals surface area contributed by atoms with Gasteiger partial charge < -0.3 is 9.84 Å². The molecule has 1 N–H and O–H groups in total. The molecule has 2 aromatic rings. The topological polar surface area (TPSA) is 29.5 Å². The van der Waals surface area contributed by atoms with Gasteiger partial charge in [0.2, 0.25) is 0 Å². The van der Waals surface area contributed by atoms with Crippen LogP contribution in [-0.2, 0) is 0 Å². The Hall–Kier alpha value is -0.550. The summed E-state index contributed by atoms with van der Waals surface area (Å²) < 4.78 is 6.77. The molecule has 0 bridgehead atoms. The zero-order valence-electron chi connectivity index (χ0n) is 10.0. The standard InChI is InChI=1S/C14H11Br2ClO2/c1-19-13-5-3-8(6-11(13)16)14(18)9-2-4-10(15)12(17)7-9/h2-7,14,18H,1H3. The number of aliphatic hydroxyl groups is 1. The Balaban J connectivity index is 2.35. The van der Waals surface area contributed by atoms with Crippen LogP contribution in [0.15, 0.2) is 45.3 Å². The van der Waals surface area contributed by atoms with Gasteiger partial charge in [-0.3, -0.25) is 0 Å². The van der Waals surface area contributed by atoms with E-state index in [0.717, 1.165) is 25.8 Å². The third-order valence-corrected chi connectivity index (χ3v) is 4.60. The molecule has 100 valence electrons. The maximum Gasteiger partial charge on any atom is 0.133 e. The molecule has 0 amide bonds. The summed E-state index contributed by atoms with van der Waals surface area (Å²) in [5.74, 6) is 0.727. The van der Waals surface area contributed by atoms with Crippen molar-refractivity contribution < 1.29 is 9.84 Å². The van der Waals surface area contributed by atoms with Crippen molar-refractivity contribution in [2.45, 2.75) is 6.10 Å². The molecule has 0 aromatic heterocycles. The first-order valence-corrected chi connectivity index (χ1v) is 7.45. The molecule has 2 rings (SSSR count). The highest BCUT2D eigenvalue weighted by molar-refractivity contribution is 9.10. The van der Waals surface area contributed by atoms with Crippen molar-refractivity contribution in [3.05, 3.63) is 61.5 Å². The third kappa shape index (κ3) is 3.31. The van der Waals surface area contributed by atoms with Gasteiger partial charge in [0.25, 0.3) is 0 Å². The third-order valence-electron chi connectivity index (χ3n) is 2.75. The van der Waals surface area contributed by atoms with Crippen molar-refractivity contribution in [2.24, 2.45) is 0 Å². The van der Waals surface area contributed by atoms with Gasteiger partial charge in [-0.05, 0) is 67.3 Å². The highest BCUT2D eigenvalue weighted by Gasteiger charge is 2.13. The molecule has 0 aliphatic heterocycles. The van der Waals surface area contributed by atoms with E-state index in [4.69, 9.17) is 16.3 Å². The molecule has 2 aromatic carbocycles. The average molecular weight is 407 g/mol. The Morgan fingerprint density at radius 3 is 2.26 bits per heavy atom. The first kappa shape index (κ1) is 14.9. The summed E-state index contributed by atoms with van der Waals surface area (Å²) >= 11 is 12.8. The molecule has 2 nitrogen and oxygen atoms in total. The van der Waals surface area contributed by atoms with Crippen molar-refractivity contribution in [1.82, 2.24) is 0 Å². The molecular formula is C14H11Br2ClO2. The van der Waals surface area contributed by atoms with Crippen LogP contribution in [0.25, 0.3) is 0 Å². The normalized spacial score (nSPS) is 12.3. The van der Waals surface area contributed by atoms with Gasteiger partial charge in [0, 0.05) is 4.47 Å². The molecule has 5 heteroatoms. The first-order chi connectivity index (χ1) is 9.02. The second kappa shape index (κ2) is 6.27. The van der Waals surface area contributed by atoms with E-state index in [2.05, 4.69) is 31.9 Å². The average Bonchev–Trinajstić information content (AvgIpc) is 2.41. The van der Waals surface area contributed by atoms with Gasteiger partial charge in [0.15, 0.2) is 0 Å². The molecule has 0 aliphatic rings. The van der Waals surface area contributed by atoms with E-state index < -0.39 is 6.10 Å². The van der Waals surface area contributed by atoms with Gasteiger partial charge in [-0.15, -0.1) is 0 Å². The van der Waals surface area contributed by atoms with Crippen LogP contribution in [0.5, 0.6) is 5.75 Å². The van der Waals surface area contributed by atoms with Crippen LogP contribution < -0.4 is 4.74 Å². The number of halogens is 3. The largest absolute Gasteiger partial charge is 0.496 e. The summed E-state index contributed by atoms with van der Waals surface area (Å²) in [5.41, 5.74) is 1.51. The van der Waals surface area contributed by atoms with Crippen LogP contribution in [0.1, 0.15) is 17.2 Å². The first-order valence-electron chi connectivity index (χ1n) is 5.49. The van der Waals surface area contributed by atoms with Crippen LogP contribution >= 0.6 is 43.5 Å². The lowest BCUT2D eigenvalue weighted by molar-refractivity contribution is 0.220. The maximum atomic E-state index is 10.4. The summed E-state index contributed by atoms with van der Waals surface area (Å²) in [6, 6.07) is 10.9. The Labute approximate surface area is 133 Å². The van der Waals surface area contributed by atoms with E-state index in [1.165, 1.54) is 0 Å². The fourth-order valence-electron chi connectivity index (χ4n) is 1.73. The lowest BCUT2D eigenvalue weighted by Crippen LogP contribution is -2.00. The monoisotopic (exact) mass is 404 g/mol. The summed E-state index contributed by atoms with van der Waals surface area (Å²) in [6.07, 6.45) is -0.729. The summed E-state index contributed by atoms with van der Waals surface area (Å²) in [5, 5.41) is 10.9. The van der Waals surface area contributed by atoms with Crippen molar-refractivity contribution >= 4 is 43.5 Å². The van der Waals surface area contributed by atoms with Crippen molar-refractivity contribution in [3.63, 3.8) is 0 Å². The fourth-order valence-corrected chi connectivity index (χ4v) is 2.72. The summed E-state index contributed by atoms with van der Waals surface area (Å²) in [7, 11) is 1.60. The maximum absolute atomic E-state index is 10.4. The fraction of sp³-hybridized carbons (Fsp3) is 0.143. The zero-order chi connectivity index (χ0) is 14.0. The lowest BCUT2D eigenvalue weighted by atomic mass is 10.0. The second-order valence-electron chi connectivity index (χ2n) is 3.97. The van der Waals surface area contributed by atoms with Gasteiger partial charge in [0.1, 0.15) is 11.9 Å². The summed E-state index contributed by atoms with van der Waals surface area (Å²) in [4.78, 5) is 0. The molecular weight excluding hydrogens is 395 g/mol. The molecule has 19 heavy (non-hydrogen) atoms. The van der Waals surface area contributed by atoms with Gasteiger partial charge >= 0.3 is 0 Å². The Bertz CT molecular complexity index is 602. The quantitative estimate of drug-likeness (QED) is 0.781. The van der Waals surface area contributed by atoms with E-state index in [-0.39, 0.29) is 0 Å². The minimum absolute atomic E-state index is 0.573. The second-order valence-corrected chi connectivity index (χ2v) is 6.09. The molecule has 0 saturated carbocycles. The SMILES string of the molecule is COc1ccc(C(O)c2ccc(Br)c(Cl)c2)cc1Br. The molecule has 0 heterocycles. The number of methoxy groups -OCH3 is 1. The van der Waals surface area contributed by atoms with E-state index in [1.54, 1.807) is 13.2 Å². The van der Waals surface area contributed by atoms with Crippen LogP contribution in [0.2, 0.25) is 5.02 Å². The van der Waals surface area contributed by atoms with E-state index >= 15 is 0 Å². The number of ether oxygens (including phenoxy) is 1. The molecule has 1 atom stereocenters. The predicted octanol–water partition coefficient (Wildman–Crippen LogP) is 4.96. The number of aliphatic hydroxyl groups excluding tert-OH is 1. The highest BCUT2D eigenvalue weighted by Crippen LogP contribution is 2.32. The number of benzene rings is 2. The van der Waals surface area contributed by atoms with Crippen molar-refractivity contribution in [3.8, 4) is 5.75 Å². The Morgan fingerprint density at radius 2 is 1.68 bits per heavy atom. The van der Waals surface area contributed by atoms with Gasteiger partial charge in [0.05, 0.1) is 16.6 Å². The van der Waals surface area contributed by atoms with E-state index in [1.807, 2.05) is 30.3 Å². The molecule has 0 radical (unpaired) electrons. The van der Waals surface area contributed by atoms with Crippen molar-refractivity contribution in [2.75, 3.05) is 7.11 Å². The van der Waals surface area contributed by atoms with E-state index in [9.17, 15) is 5.11 Å². The predicted molar refractivity (Wildman–Crippen MR) is 83.9 cm³/mol. The number of rotatable bonds is 3. The van der Waals surface area contributed by atoms with Gasteiger partial charge in [-0.1, -0.05) is 23.7 Å². The molecule has 0 fully saturated rings. The number of hydrogen-bond donors (Lipinski definition) is 1. The lowest BCUT2D eigenvalue weighted by Gasteiger charge is -2.14. The highest BCUT2D eigenvalue weighted by atomic mass is 79.9. The molecule has 1 unspecified atom stereocenters. The zero-order valence-corrected chi connectivity index (χ0v) is 14.0. The van der Waals surface area contributed by atoms with Gasteiger partial charge in [-0.25, -0.2) is 0 Å². The van der Waals surface area contributed by atoms with Gasteiger partial charge in [-0.2, -0.15) is 0 Å². The molecule has 0 spiro atoms. The smallest absolute Gasteiger partial charge is 0.133 e. The Kier molecular flexibility index (Phi) is 4.90. The molecule has 0 saturated heterocycles. The van der Waals surface area contributed by atoms with Crippen LogP contribution in [-0.4, -0.2) is 12.2 Å². The van der Waals surface area contributed by atoms with E-state index in [0.29, 0.717) is 5.02 Å². The van der Waals surface area contributed by atoms with Crippen LogP contribution in [0, 0.1) is 0 Å². The van der Waals surface area contributed by atoms with Crippen LogP contribution in [0.4, 0.5) is 0 Å².